The number of hydrogen-bond acceptors (Lipinski definition) is 2. The molecule has 4 nitrogen and oxygen atoms in total. The second-order valence-electron chi connectivity index (χ2n) is 14.2. The summed E-state index contributed by atoms with van der Waals surface area (Å²) in [6.07, 6.45) is 0. The van der Waals surface area contributed by atoms with Gasteiger partial charge in [0.15, 0.2) is 0 Å². The summed E-state index contributed by atoms with van der Waals surface area (Å²) in [7, 11) is 0. The average Bonchev–Trinajstić information content (AvgIpc) is 3.75. The SMILES string of the molecule is c1ccc(-c2nc(-n3c4ccc(-n5c6ccccc6c6c7ccccc7ccc65)cc4c4cc5ccccc5cc43)nc3c2ccc2ccccc23)cc1. The Morgan fingerprint density at radius 2 is 0.944 bits per heavy atom. The van der Waals surface area contributed by atoms with Gasteiger partial charge in [-0.05, 0) is 75.5 Å². The molecule has 0 unspecified atom stereocenters. The summed E-state index contributed by atoms with van der Waals surface area (Å²) < 4.78 is 4.70. The van der Waals surface area contributed by atoms with E-state index in [-0.39, 0.29) is 0 Å². The van der Waals surface area contributed by atoms with Gasteiger partial charge in [0, 0.05) is 43.6 Å². The molecule has 54 heavy (non-hydrogen) atoms. The quantitative estimate of drug-likeness (QED) is 0.173. The van der Waals surface area contributed by atoms with E-state index < -0.39 is 0 Å². The second kappa shape index (κ2) is 11.1. The maximum Gasteiger partial charge on any atom is 0.235 e. The molecule has 3 aromatic heterocycles. The Morgan fingerprint density at radius 3 is 1.78 bits per heavy atom. The lowest BCUT2D eigenvalue weighted by Gasteiger charge is -2.14. The molecule has 0 aliphatic heterocycles. The van der Waals surface area contributed by atoms with Gasteiger partial charge < -0.3 is 4.57 Å². The summed E-state index contributed by atoms with van der Waals surface area (Å²) in [6, 6.07) is 65.5. The molecule has 0 saturated carbocycles. The van der Waals surface area contributed by atoms with Crippen LogP contribution in [0.1, 0.15) is 0 Å². The fourth-order valence-electron chi connectivity index (χ4n) is 8.83. The van der Waals surface area contributed by atoms with E-state index in [1.54, 1.807) is 0 Å². The second-order valence-corrected chi connectivity index (χ2v) is 14.2. The lowest BCUT2D eigenvalue weighted by atomic mass is 10.0. The van der Waals surface area contributed by atoms with E-state index in [2.05, 4.69) is 191 Å². The van der Waals surface area contributed by atoms with Crippen molar-refractivity contribution >= 4 is 86.8 Å². The first-order valence-corrected chi connectivity index (χ1v) is 18.4. The van der Waals surface area contributed by atoms with Crippen LogP contribution in [0.25, 0.3) is 110 Å². The van der Waals surface area contributed by atoms with Gasteiger partial charge in [-0.3, -0.25) is 4.57 Å². The van der Waals surface area contributed by atoms with Crippen LogP contribution in [0.5, 0.6) is 0 Å². The first-order chi connectivity index (χ1) is 26.8. The molecule has 0 bridgehead atoms. The highest BCUT2D eigenvalue weighted by atomic mass is 15.2. The van der Waals surface area contributed by atoms with Crippen LogP contribution in [0.4, 0.5) is 0 Å². The van der Waals surface area contributed by atoms with Gasteiger partial charge >= 0.3 is 0 Å². The van der Waals surface area contributed by atoms with E-state index in [0.717, 1.165) is 55.0 Å². The number of nitrogens with zero attached hydrogens (tertiary/aromatic N) is 4. The minimum Gasteiger partial charge on any atom is -0.309 e. The van der Waals surface area contributed by atoms with Crippen LogP contribution in [0.15, 0.2) is 182 Å². The molecule has 12 aromatic rings. The Hall–Kier alpha value is -7.30. The number of fused-ring (bicyclic) bond motifs is 12. The highest BCUT2D eigenvalue weighted by Gasteiger charge is 2.21. The highest BCUT2D eigenvalue weighted by Crippen LogP contribution is 2.41. The Balaban J connectivity index is 1.20. The van der Waals surface area contributed by atoms with Gasteiger partial charge in [0.25, 0.3) is 0 Å². The molecular weight excluding hydrogens is 657 g/mol. The smallest absolute Gasteiger partial charge is 0.235 e. The third-order valence-electron chi connectivity index (χ3n) is 11.3. The van der Waals surface area contributed by atoms with Crippen LogP contribution in [-0.4, -0.2) is 19.1 Å². The molecule has 3 heterocycles. The van der Waals surface area contributed by atoms with Gasteiger partial charge in [-0.25, -0.2) is 9.97 Å². The van der Waals surface area contributed by atoms with Crippen LogP contribution in [-0.2, 0) is 0 Å². The Morgan fingerprint density at radius 1 is 0.333 bits per heavy atom. The maximum atomic E-state index is 5.44. The molecule has 0 radical (unpaired) electrons. The van der Waals surface area contributed by atoms with Gasteiger partial charge in [0.05, 0.1) is 33.3 Å². The largest absolute Gasteiger partial charge is 0.309 e. The van der Waals surface area contributed by atoms with Crippen LogP contribution in [0.2, 0.25) is 0 Å². The van der Waals surface area contributed by atoms with Gasteiger partial charge in [0.1, 0.15) is 0 Å². The van der Waals surface area contributed by atoms with E-state index in [9.17, 15) is 0 Å². The monoisotopic (exact) mass is 686 g/mol. The minimum absolute atomic E-state index is 0.657. The molecule has 0 aliphatic rings. The molecule has 0 spiro atoms. The number of para-hydroxylation sites is 1. The van der Waals surface area contributed by atoms with Crippen molar-refractivity contribution in [2.45, 2.75) is 0 Å². The van der Waals surface area contributed by atoms with Crippen LogP contribution in [0, 0.1) is 0 Å². The molecule has 9 aromatic carbocycles. The molecule has 0 amide bonds. The van der Waals surface area contributed by atoms with Gasteiger partial charge in [-0.1, -0.05) is 133 Å². The summed E-state index contributed by atoms with van der Waals surface area (Å²) in [5, 5.41) is 13.1. The Kier molecular flexibility index (Phi) is 6.02. The lowest BCUT2D eigenvalue weighted by molar-refractivity contribution is 1.02. The molecule has 12 rings (SSSR count). The Labute approximate surface area is 309 Å². The highest BCUT2D eigenvalue weighted by molar-refractivity contribution is 6.22. The molecule has 250 valence electrons. The van der Waals surface area contributed by atoms with E-state index in [0.29, 0.717) is 5.95 Å². The maximum absolute atomic E-state index is 5.44. The van der Waals surface area contributed by atoms with Crippen LogP contribution >= 0.6 is 0 Å². The molecule has 4 heteroatoms. The van der Waals surface area contributed by atoms with Crippen molar-refractivity contribution in [2.75, 3.05) is 0 Å². The molecule has 0 N–H and O–H groups in total. The number of hydrogen-bond donors (Lipinski definition) is 0. The Bertz CT molecular complexity index is 3500. The van der Waals surface area contributed by atoms with Crippen molar-refractivity contribution in [3.63, 3.8) is 0 Å². The lowest BCUT2D eigenvalue weighted by Crippen LogP contribution is -2.04. The van der Waals surface area contributed by atoms with Gasteiger partial charge in [0.2, 0.25) is 5.95 Å². The van der Waals surface area contributed by atoms with E-state index in [1.807, 2.05) is 0 Å². The minimum atomic E-state index is 0.657. The molecule has 0 atom stereocenters. The number of aromatic nitrogens is 4. The predicted octanol–water partition coefficient (Wildman–Crippen LogP) is 13.0. The zero-order valence-corrected chi connectivity index (χ0v) is 29.1. The van der Waals surface area contributed by atoms with Crippen LogP contribution < -0.4 is 0 Å². The van der Waals surface area contributed by atoms with Crippen LogP contribution in [0.3, 0.4) is 0 Å². The summed E-state index contributed by atoms with van der Waals surface area (Å²) in [6.45, 7) is 0. The summed E-state index contributed by atoms with van der Waals surface area (Å²) in [4.78, 5) is 10.9. The molecule has 0 saturated heterocycles. The number of benzene rings is 9. The standard InChI is InChI=1S/C50H30N4/c1-2-14-33(15-3-1)48-40-25-22-32-13-7-9-19-38(32)49(40)52-50(51-48)54-44-27-24-36(30-42(44)41-28-34-16-4-5-17-35(34)29-46(41)54)53-43-21-11-10-20-39(43)47-37-18-8-6-12-31(37)23-26-45(47)53/h1-30H. The molecule has 0 aliphatic carbocycles. The zero-order valence-electron chi connectivity index (χ0n) is 29.1. The van der Waals surface area contributed by atoms with Crippen molar-refractivity contribution in [3.8, 4) is 22.9 Å². The van der Waals surface area contributed by atoms with Crippen molar-refractivity contribution in [2.24, 2.45) is 0 Å². The number of rotatable bonds is 3. The fourth-order valence-corrected chi connectivity index (χ4v) is 8.83. The average molecular weight is 687 g/mol. The van der Waals surface area contributed by atoms with Crippen molar-refractivity contribution in [3.05, 3.63) is 182 Å². The topological polar surface area (TPSA) is 35.6 Å². The zero-order chi connectivity index (χ0) is 35.3. The third-order valence-corrected chi connectivity index (χ3v) is 11.3. The predicted molar refractivity (Wildman–Crippen MR) is 226 cm³/mol. The van der Waals surface area contributed by atoms with E-state index in [4.69, 9.17) is 9.97 Å². The molecule has 0 fully saturated rings. The summed E-state index contributed by atoms with van der Waals surface area (Å²) >= 11 is 0. The van der Waals surface area contributed by atoms with Crippen molar-refractivity contribution in [1.29, 1.82) is 0 Å². The summed E-state index contributed by atoms with van der Waals surface area (Å²) in [5.74, 6) is 0.657. The first-order valence-electron chi connectivity index (χ1n) is 18.4. The van der Waals surface area contributed by atoms with Crippen molar-refractivity contribution in [1.82, 2.24) is 19.1 Å². The summed E-state index contributed by atoms with van der Waals surface area (Å²) in [5.41, 5.74) is 8.57. The fraction of sp³-hybridized carbons (Fsp3) is 0. The first kappa shape index (κ1) is 29.3. The van der Waals surface area contributed by atoms with Gasteiger partial charge in [-0.15, -0.1) is 0 Å². The third kappa shape index (κ3) is 4.13. The van der Waals surface area contributed by atoms with E-state index >= 15 is 0 Å². The normalized spacial score (nSPS) is 12.1. The van der Waals surface area contributed by atoms with Crippen molar-refractivity contribution < 1.29 is 0 Å². The van der Waals surface area contributed by atoms with Gasteiger partial charge in [-0.2, -0.15) is 0 Å². The van der Waals surface area contributed by atoms with E-state index in [1.165, 1.54) is 48.7 Å². The molecular formula is C50H30N4.